The van der Waals surface area contributed by atoms with E-state index in [2.05, 4.69) is 5.32 Å². The number of methoxy groups -OCH3 is 1. The van der Waals surface area contributed by atoms with Crippen LogP contribution in [-0.2, 0) is 9.59 Å². The number of anilines is 1. The lowest BCUT2D eigenvalue weighted by Crippen LogP contribution is -2.36. The molecule has 3 amide bonds. The molecule has 1 heterocycles. The first-order valence-electron chi connectivity index (χ1n) is 8.15. The van der Waals surface area contributed by atoms with Gasteiger partial charge in [0.05, 0.1) is 17.7 Å². The molecule has 0 aromatic heterocycles. The maximum atomic E-state index is 13.6. The molecule has 29 heavy (non-hydrogen) atoms. The van der Waals surface area contributed by atoms with E-state index in [0.717, 1.165) is 12.1 Å². The molecule has 1 fully saturated rings. The van der Waals surface area contributed by atoms with Gasteiger partial charge in [-0.05, 0) is 47.7 Å². The van der Waals surface area contributed by atoms with E-state index in [1.54, 1.807) is 0 Å². The number of carbonyl (C=O) groups excluding carboxylic acids is 3. The smallest absolute Gasteiger partial charge is 0.294 e. The molecular formula is C19H14F2N2O5S. The van der Waals surface area contributed by atoms with Crippen LogP contribution in [-0.4, -0.2) is 40.7 Å². The Bertz CT molecular complexity index is 1040. The molecule has 150 valence electrons. The number of rotatable bonds is 5. The molecule has 3 rings (SSSR count). The Morgan fingerprint density at radius 3 is 2.69 bits per heavy atom. The second-order valence-electron chi connectivity index (χ2n) is 5.87. The highest BCUT2D eigenvalue weighted by Gasteiger charge is 2.36. The van der Waals surface area contributed by atoms with Gasteiger partial charge >= 0.3 is 0 Å². The molecule has 0 atom stereocenters. The Morgan fingerprint density at radius 2 is 2.00 bits per heavy atom. The fraction of sp³-hybridized carbons (Fsp3) is 0.105. The summed E-state index contributed by atoms with van der Waals surface area (Å²) < 4.78 is 31.5. The molecule has 1 aliphatic heterocycles. The van der Waals surface area contributed by atoms with Gasteiger partial charge in [-0.25, -0.2) is 8.78 Å². The van der Waals surface area contributed by atoms with Gasteiger partial charge in [0.2, 0.25) is 5.91 Å². The number of nitrogens with zero attached hydrogens (tertiary/aromatic N) is 1. The molecule has 1 aliphatic rings. The number of nitrogens with one attached hydrogen (secondary N) is 1. The summed E-state index contributed by atoms with van der Waals surface area (Å²) >= 11 is 0.639. The lowest BCUT2D eigenvalue weighted by atomic mass is 10.2. The Hall–Kier alpha value is -3.40. The average molecular weight is 420 g/mol. The van der Waals surface area contributed by atoms with Crippen molar-refractivity contribution in [3.05, 3.63) is 58.5 Å². The largest absolute Gasteiger partial charge is 0.504 e. The predicted molar refractivity (Wildman–Crippen MR) is 102 cm³/mol. The van der Waals surface area contributed by atoms with Crippen LogP contribution in [0.4, 0.5) is 19.3 Å². The lowest BCUT2D eigenvalue weighted by molar-refractivity contribution is -0.127. The zero-order chi connectivity index (χ0) is 21.1. The molecule has 10 heteroatoms. The fourth-order valence-corrected chi connectivity index (χ4v) is 3.33. The highest BCUT2D eigenvalue weighted by atomic mass is 32.2. The molecule has 0 radical (unpaired) electrons. The minimum absolute atomic E-state index is 0.0727. The van der Waals surface area contributed by atoms with Crippen LogP contribution < -0.4 is 10.1 Å². The van der Waals surface area contributed by atoms with Gasteiger partial charge < -0.3 is 15.2 Å². The summed E-state index contributed by atoms with van der Waals surface area (Å²) in [6.07, 6.45) is 1.42. The molecule has 2 aromatic carbocycles. The molecule has 0 aliphatic carbocycles. The first-order chi connectivity index (χ1) is 13.8. The minimum Gasteiger partial charge on any atom is -0.504 e. The van der Waals surface area contributed by atoms with E-state index in [9.17, 15) is 28.3 Å². The predicted octanol–water partition coefficient (Wildman–Crippen LogP) is 3.35. The molecule has 0 spiro atoms. The molecule has 0 saturated carbocycles. The van der Waals surface area contributed by atoms with Crippen molar-refractivity contribution in [2.75, 3.05) is 19.0 Å². The Labute approximate surface area is 168 Å². The average Bonchev–Trinajstić information content (AvgIpc) is 2.93. The zero-order valence-electron chi connectivity index (χ0n) is 14.9. The number of halogens is 2. The van der Waals surface area contributed by atoms with Crippen LogP contribution in [0.25, 0.3) is 6.08 Å². The normalized spacial score (nSPS) is 15.1. The Kier molecular flexibility index (Phi) is 5.83. The number of hydrogen-bond acceptors (Lipinski definition) is 6. The standard InChI is InChI=1S/C19H14F2N2O5S/c1-28-15-6-10(2-5-14(15)24)7-16-18(26)23(19(27)29-16)9-17(25)22-13-4-3-11(20)8-12(13)21/h2-8,24H,9H2,1H3,(H,22,25). The van der Waals surface area contributed by atoms with Crippen LogP contribution in [0.3, 0.4) is 0 Å². The number of imide groups is 1. The third kappa shape index (κ3) is 4.54. The minimum atomic E-state index is -0.978. The van der Waals surface area contributed by atoms with E-state index in [0.29, 0.717) is 28.3 Å². The van der Waals surface area contributed by atoms with E-state index in [-0.39, 0.29) is 22.1 Å². The van der Waals surface area contributed by atoms with E-state index in [4.69, 9.17) is 4.74 Å². The molecule has 1 saturated heterocycles. The van der Waals surface area contributed by atoms with Crippen molar-refractivity contribution in [3.63, 3.8) is 0 Å². The maximum Gasteiger partial charge on any atom is 0.294 e. The molecule has 2 N–H and O–H groups in total. The van der Waals surface area contributed by atoms with Crippen LogP contribution in [0.5, 0.6) is 11.5 Å². The number of phenolic OH excluding ortho intramolecular Hbond substituents is 1. The summed E-state index contributed by atoms with van der Waals surface area (Å²) in [6.45, 7) is -0.627. The number of carbonyl (C=O) groups is 3. The van der Waals surface area contributed by atoms with Gasteiger partial charge in [-0.1, -0.05) is 6.07 Å². The summed E-state index contributed by atoms with van der Waals surface area (Å²) in [4.78, 5) is 37.5. The molecule has 0 bridgehead atoms. The van der Waals surface area contributed by atoms with Crippen LogP contribution in [0.2, 0.25) is 0 Å². The molecule has 0 unspecified atom stereocenters. The number of phenols is 1. The van der Waals surface area contributed by atoms with Gasteiger partial charge in [-0.15, -0.1) is 0 Å². The summed E-state index contributed by atoms with van der Waals surface area (Å²) in [5, 5.41) is 11.1. The maximum absolute atomic E-state index is 13.6. The quantitative estimate of drug-likeness (QED) is 0.721. The van der Waals surface area contributed by atoms with Crippen molar-refractivity contribution in [1.82, 2.24) is 4.90 Å². The third-order valence-electron chi connectivity index (χ3n) is 3.88. The zero-order valence-corrected chi connectivity index (χ0v) is 15.8. The number of thioether (sulfide) groups is 1. The van der Waals surface area contributed by atoms with E-state index in [1.807, 2.05) is 0 Å². The van der Waals surface area contributed by atoms with E-state index in [1.165, 1.54) is 31.4 Å². The van der Waals surface area contributed by atoms with Crippen LogP contribution in [0, 0.1) is 11.6 Å². The van der Waals surface area contributed by atoms with Gasteiger partial charge in [0.25, 0.3) is 11.1 Å². The third-order valence-corrected chi connectivity index (χ3v) is 4.79. The van der Waals surface area contributed by atoms with Gasteiger partial charge in [0.15, 0.2) is 11.5 Å². The molecule has 7 nitrogen and oxygen atoms in total. The topological polar surface area (TPSA) is 95.9 Å². The van der Waals surface area contributed by atoms with E-state index < -0.39 is 35.2 Å². The number of aromatic hydroxyl groups is 1. The second kappa shape index (κ2) is 8.31. The van der Waals surface area contributed by atoms with Crippen molar-refractivity contribution in [1.29, 1.82) is 0 Å². The van der Waals surface area contributed by atoms with Gasteiger partial charge in [-0.2, -0.15) is 0 Å². The summed E-state index contributed by atoms with van der Waals surface area (Å²) in [7, 11) is 1.37. The van der Waals surface area contributed by atoms with Crippen molar-refractivity contribution < 1.29 is 33.0 Å². The first kappa shape index (κ1) is 20.3. The van der Waals surface area contributed by atoms with Crippen molar-refractivity contribution in [2.24, 2.45) is 0 Å². The first-order valence-corrected chi connectivity index (χ1v) is 8.97. The number of benzene rings is 2. The van der Waals surface area contributed by atoms with Crippen molar-refractivity contribution in [3.8, 4) is 11.5 Å². The van der Waals surface area contributed by atoms with Crippen molar-refractivity contribution >= 4 is 40.6 Å². The lowest BCUT2D eigenvalue weighted by Gasteiger charge is -2.12. The van der Waals surface area contributed by atoms with Gasteiger partial charge in [-0.3, -0.25) is 19.3 Å². The number of ether oxygens (including phenoxy) is 1. The van der Waals surface area contributed by atoms with Crippen LogP contribution >= 0.6 is 11.8 Å². The monoisotopic (exact) mass is 420 g/mol. The highest BCUT2D eigenvalue weighted by molar-refractivity contribution is 8.18. The van der Waals surface area contributed by atoms with Crippen LogP contribution in [0.15, 0.2) is 41.3 Å². The fourth-order valence-electron chi connectivity index (χ4n) is 2.50. The van der Waals surface area contributed by atoms with Gasteiger partial charge in [0, 0.05) is 6.07 Å². The summed E-state index contributed by atoms with van der Waals surface area (Å²) in [5.41, 5.74) is 0.234. The van der Waals surface area contributed by atoms with Crippen molar-refractivity contribution in [2.45, 2.75) is 0 Å². The molecular weight excluding hydrogens is 406 g/mol. The number of hydrogen-bond donors (Lipinski definition) is 2. The van der Waals surface area contributed by atoms with Crippen LogP contribution in [0.1, 0.15) is 5.56 Å². The second-order valence-corrected chi connectivity index (χ2v) is 6.86. The highest BCUT2D eigenvalue weighted by Crippen LogP contribution is 2.34. The molecule has 2 aromatic rings. The summed E-state index contributed by atoms with van der Waals surface area (Å²) in [5.74, 6) is -3.18. The Balaban J connectivity index is 1.72. The van der Waals surface area contributed by atoms with Gasteiger partial charge in [0.1, 0.15) is 18.2 Å². The number of amides is 3. The Morgan fingerprint density at radius 1 is 1.24 bits per heavy atom. The SMILES string of the molecule is COc1cc(C=C2SC(=O)N(CC(=O)Nc3ccc(F)cc3F)C2=O)ccc1O. The summed E-state index contributed by atoms with van der Waals surface area (Å²) in [6, 6.07) is 6.98. The van der Waals surface area contributed by atoms with E-state index >= 15 is 0 Å².